The molecule has 3 fully saturated rings. The van der Waals surface area contributed by atoms with E-state index in [-0.39, 0.29) is 73.8 Å². The van der Waals surface area contributed by atoms with Crippen LogP contribution in [0.15, 0.2) is 12.7 Å². The van der Waals surface area contributed by atoms with E-state index >= 15 is 0 Å². The van der Waals surface area contributed by atoms with Gasteiger partial charge in [0.15, 0.2) is 17.7 Å². The molecule has 10 atom stereocenters. The number of anilines is 1. The van der Waals surface area contributed by atoms with Crippen molar-refractivity contribution >= 4 is 64.1 Å². The molecule has 0 aromatic carbocycles. The number of nitrogens with one attached hydrogen (secondary N) is 4. The summed E-state index contributed by atoms with van der Waals surface area (Å²) in [6, 6.07) is 0.282. The van der Waals surface area contributed by atoms with Crippen LogP contribution in [0.2, 0.25) is 0 Å². The third kappa shape index (κ3) is 14.9. The molecule has 11 N–H and O–H groups in total. The number of aromatic nitrogens is 4. The first kappa shape index (κ1) is 48.6. The number of thioether (sulfide) groups is 1. The van der Waals surface area contributed by atoms with Crippen LogP contribution in [0.25, 0.3) is 11.2 Å². The van der Waals surface area contributed by atoms with Crippen LogP contribution in [0.5, 0.6) is 0 Å². The van der Waals surface area contributed by atoms with Gasteiger partial charge in [-0.2, -0.15) is 20.4 Å². The molecule has 2 aromatic rings. The van der Waals surface area contributed by atoms with Gasteiger partial charge in [0.2, 0.25) is 5.91 Å². The summed E-state index contributed by atoms with van der Waals surface area (Å²) in [5.41, 5.74) is 6.09. The second kappa shape index (κ2) is 22.8. The molecule has 60 heavy (non-hydrogen) atoms. The molecule has 3 amide bonds. The molecular formula is C30H52N9O17P3S. The van der Waals surface area contributed by atoms with Crippen LogP contribution in [-0.2, 0) is 50.6 Å². The topological polar surface area (TPSA) is 369 Å². The van der Waals surface area contributed by atoms with Crippen molar-refractivity contribution in [2.24, 2.45) is 0 Å². The summed E-state index contributed by atoms with van der Waals surface area (Å²) in [6.07, 6.45) is 0.214. The number of unbranched alkanes of at least 4 members (excludes halogenated alkanes) is 1. The van der Waals surface area contributed by atoms with E-state index in [1.54, 1.807) is 0 Å². The number of nitrogens with two attached hydrogens (primary N) is 1. The number of ether oxygens (including phenoxy) is 4. The first-order chi connectivity index (χ1) is 28.5. The van der Waals surface area contributed by atoms with Crippen molar-refractivity contribution in [3.05, 3.63) is 12.7 Å². The Labute approximate surface area is 348 Å². The van der Waals surface area contributed by atoms with Crippen molar-refractivity contribution in [2.75, 3.05) is 70.8 Å². The fraction of sp³-hybridized carbons (Fsp3) is 0.767. The molecule has 0 radical (unpaired) electrons. The van der Waals surface area contributed by atoms with E-state index in [0.717, 1.165) is 31.3 Å². The number of urea groups is 1. The predicted octanol–water partition coefficient (Wildman–Crippen LogP) is -0.360. The van der Waals surface area contributed by atoms with Crippen molar-refractivity contribution in [3.8, 4) is 0 Å². The number of imidazole rings is 1. The molecule has 0 aliphatic carbocycles. The molecule has 3 aliphatic rings. The summed E-state index contributed by atoms with van der Waals surface area (Å²) < 4.78 is 73.0. The average molecular weight is 936 g/mol. The zero-order valence-corrected chi connectivity index (χ0v) is 35.8. The standard InChI is InChI=1S/C30H52N9O17P3S/c31-27-24-28(34-17-33-27)39(18-35-24)29-26(42)25(41)20(54-29)15-53-58(46,47)56-59(48,49)55-57(44,45)36-8-4-10-51-12-14-52-13-11-50-9-3-7-32-22(40)6-2-1-5-21-23-19(16-60-21)37-30(43)38-23/h17-21,23,25-26,29,41-42H,1-16H2,(H,32,40)(H,46,47)(H,48,49)(H2,31,33,34)(H2,36,44,45)(H2,37,38,43)/t19-,20+,21-,23-,25+,26+,29+/m0/s1. The number of carbonyl (C=O) groups is 2. The molecule has 30 heteroatoms. The van der Waals surface area contributed by atoms with Gasteiger partial charge in [0.1, 0.15) is 30.2 Å². The first-order valence-electron chi connectivity index (χ1n) is 19.0. The van der Waals surface area contributed by atoms with Crippen LogP contribution < -0.4 is 26.8 Å². The summed E-state index contributed by atoms with van der Waals surface area (Å²) in [4.78, 5) is 65.2. The quantitative estimate of drug-likeness (QED) is 0.0296. The van der Waals surface area contributed by atoms with Crippen molar-refractivity contribution in [1.82, 2.24) is 40.6 Å². The number of nitrogen functional groups attached to an aromatic ring is 1. The lowest BCUT2D eigenvalue weighted by Gasteiger charge is -2.20. The molecule has 2 aromatic heterocycles. The van der Waals surface area contributed by atoms with Crippen molar-refractivity contribution in [3.63, 3.8) is 0 Å². The Morgan fingerprint density at radius 1 is 0.917 bits per heavy atom. The monoisotopic (exact) mass is 935 g/mol. The third-order valence-corrected chi connectivity index (χ3v) is 15.2. The summed E-state index contributed by atoms with van der Waals surface area (Å²) in [5.74, 6) is 0.961. The van der Waals surface area contributed by atoms with Gasteiger partial charge in [0.05, 0.1) is 51.4 Å². The maximum atomic E-state index is 12.4. The molecule has 340 valence electrons. The maximum Gasteiger partial charge on any atom is 0.489 e. The number of aliphatic hydroxyl groups excluding tert-OH is 2. The lowest BCUT2D eigenvalue weighted by Crippen LogP contribution is -2.36. The SMILES string of the molecule is Nc1ncnc2c1ncn2[C@@H]1O[C@H](COP(=O)(O)OP(=O)(O)OP(=O)(O)NCCCOCCOCCOCCCNC(=O)CCCC[C@@H]2SC[C@@H]3NC(=O)N[C@@H]32)[C@@H](O)[C@H]1O. The van der Waals surface area contributed by atoms with E-state index in [4.69, 9.17) is 24.7 Å². The van der Waals surface area contributed by atoms with Crippen LogP contribution >= 0.6 is 35.2 Å². The number of fused-ring (bicyclic) bond motifs is 2. The number of phosphoric acid groups is 2. The van der Waals surface area contributed by atoms with Gasteiger partial charge in [0, 0.05) is 43.7 Å². The summed E-state index contributed by atoms with van der Waals surface area (Å²) in [7, 11) is -16.2. The van der Waals surface area contributed by atoms with E-state index in [1.807, 2.05) is 16.8 Å². The van der Waals surface area contributed by atoms with Crippen LogP contribution in [0.1, 0.15) is 44.8 Å². The first-order valence-corrected chi connectivity index (χ1v) is 24.6. The van der Waals surface area contributed by atoms with Crippen molar-refractivity contribution in [1.29, 1.82) is 0 Å². The number of nitrogens with zero attached hydrogens (tertiary/aromatic N) is 4. The Balaban J connectivity index is 0.828. The van der Waals surface area contributed by atoms with Crippen molar-refractivity contribution in [2.45, 2.75) is 80.4 Å². The minimum atomic E-state index is -5.70. The Hall–Kier alpha value is -2.39. The highest BCUT2D eigenvalue weighted by molar-refractivity contribution is 8.00. The zero-order valence-electron chi connectivity index (χ0n) is 32.3. The summed E-state index contributed by atoms with van der Waals surface area (Å²) >= 11 is 1.86. The van der Waals surface area contributed by atoms with E-state index in [1.165, 1.54) is 10.9 Å². The minimum absolute atomic E-state index is 0.00198. The highest BCUT2D eigenvalue weighted by atomic mass is 32.2. The molecule has 3 saturated heterocycles. The van der Waals surface area contributed by atoms with Gasteiger partial charge in [-0.05, 0) is 25.7 Å². The molecule has 0 saturated carbocycles. The molecule has 3 unspecified atom stereocenters. The van der Waals surface area contributed by atoms with Crippen LogP contribution in [0.4, 0.5) is 10.6 Å². The lowest BCUT2D eigenvalue weighted by molar-refractivity contribution is -0.121. The largest absolute Gasteiger partial charge is 0.489 e. The molecule has 0 bridgehead atoms. The molecule has 3 aliphatic heterocycles. The van der Waals surface area contributed by atoms with Crippen LogP contribution in [0, 0.1) is 0 Å². The van der Waals surface area contributed by atoms with E-state index in [9.17, 15) is 48.2 Å². The summed E-state index contributed by atoms with van der Waals surface area (Å²) in [6.45, 7) is 0.978. The number of aliphatic hydroxyl groups is 2. The molecule has 26 nitrogen and oxygen atoms in total. The smallest absolute Gasteiger partial charge is 0.387 e. The fourth-order valence-corrected chi connectivity index (χ4v) is 11.6. The second-order valence-electron chi connectivity index (χ2n) is 13.7. The zero-order chi connectivity index (χ0) is 43.3. The third-order valence-electron chi connectivity index (χ3n) is 9.21. The normalized spacial score (nSPS) is 26.9. The van der Waals surface area contributed by atoms with E-state index < -0.39 is 54.5 Å². The Bertz CT molecular complexity index is 1870. The second-order valence-corrected chi connectivity index (χ2v) is 19.8. The van der Waals surface area contributed by atoms with E-state index in [0.29, 0.717) is 44.5 Å². The predicted molar refractivity (Wildman–Crippen MR) is 210 cm³/mol. The van der Waals surface area contributed by atoms with Gasteiger partial charge in [-0.3, -0.25) is 13.9 Å². The van der Waals surface area contributed by atoms with Crippen molar-refractivity contribution < 1.29 is 80.3 Å². The number of hydrogen-bond donors (Lipinski definition) is 10. The van der Waals surface area contributed by atoms with Gasteiger partial charge in [0.25, 0.3) is 0 Å². The van der Waals surface area contributed by atoms with Gasteiger partial charge in [-0.15, -0.1) is 0 Å². The number of hydrogen-bond acceptors (Lipinski definition) is 19. The van der Waals surface area contributed by atoms with Gasteiger partial charge in [-0.25, -0.2) is 38.5 Å². The van der Waals surface area contributed by atoms with E-state index in [2.05, 4.69) is 44.0 Å². The van der Waals surface area contributed by atoms with Gasteiger partial charge < -0.3 is 65.5 Å². The van der Waals surface area contributed by atoms with Crippen LogP contribution in [-0.4, -0.2) is 157 Å². The Morgan fingerprint density at radius 3 is 2.35 bits per heavy atom. The Morgan fingerprint density at radius 2 is 1.62 bits per heavy atom. The summed E-state index contributed by atoms with van der Waals surface area (Å²) in [5, 5.41) is 32.1. The number of phosphoric ester groups is 1. The van der Waals surface area contributed by atoms with Gasteiger partial charge in [-0.1, -0.05) is 6.42 Å². The molecule has 5 heterocycles. The Kier molecular flexibility index (Phi) is 18.5. The molecule has 5 rings (SSSR count). The van der Waals surface area contributed by atoms with Gasteiger partial charge >= 0.3 is 29.4 Å². The fourth-order valence-electron chi connectivity index (χ4n) is 6.36. The maximum absolute atomic E-state index is 12.4. The van der Waals surface area contributed by atoms with Crippen LogP contribution in [0.3, 0.4) is 0 Å². The minimum Gasteiger partial charge on any atom is -0.387 e. The number of amides is 3. The number of carbonyl (C=O) groups excluding carboxylic acids is 2. The molecule has 0 spiro atoms. The number of rotatable bonds is 28. The highest BCUT2D eigenvalue weighted by Crippen LogP contribution is 2.66. The average Bonchev–Trinajstić information content (AvgIpc) is 3.93. The highest BCUT2D eigenvalue weighted by Gasteiger charge is 2.47. The molecular weight excluding hydrogens is 883 g/mol. The lowest BCUT2D eigenvalue weighted by atomic mass is 10.0.